The van der Waals surface area contributed by atoms with Gasteiger partial charge in [-0.3, -0.25) is 4.79 Å². The number of carboxylic acid groups (broad SMARTS) is 1. The maximum Gasteiger partial charge on any atom is 0.334 e. The van der Waals surface area contributed by atoms with E-state index in [0.717, 1.165) is 0 Å². The second-order valence-corrected chi connectivity index (χ2v) is 2.97. The van der Waals surface area contributed by atoms with E-state index < -0.39 is 12.1 Å². The van der Waals surface area contributed by atoms with Gasteiger partial charge in [0.25, 0.3) is 0 Å². The molecular formula is C8H12N4O4. The minimum Gasteiger partial charge on any atom is -0.479 e. The highest BCUT2D eigenvalue weighted by Crippen LogP contribution is 1.88. The van der Waals surface area contributed by atoms with Crippen LogP contribution in [0.1, 0.15) is 0 Å². The van der Waals surface area contributed by atoms with E-state index in [0.29, 0.717) is 0 Å². The van der Waals surface area contributed by atoms with E-state index in [1.165, 1.54) is 24.2 Å². The normalized spacial score (nSPS) is 12.1. The molecule has 0 spiro atoms. The lowest BCUT2D eigenvalue weighted by molar-refractivity contribution is -0.148. The third-order valence-electron chi connectivity index (χ3n) is 1.82. The van der Waals surface area contributed by atoms with E-state index in [4.69, 9.17) is 5.11 Å². The quantitative estimate of drug-likeness (QED) is 0.613. The highest BCUT2D eigenvalue weighted by molar-refractivity contribution is 5.77. The summed E-state index contributed by atoms with van der Waals surface area (Å²) in [6.07, 6.45) is 1.94. The number of carbonyl (C=O) groups is 2. The molecule has 0 saturated heterocycles. The first-order valence-corrected chi connectivity index (χ1v) is 4.50. The van der Waals surface area contributed by atoms with Crippen LogP contribution in [0.3, 0.4) is 0 Å². The second kappa shape index (κ2) is 5.81. The minimum absolute atomic E-state index is 0.00392. The Morgan fingerprint density at radius 3 is 2.88 bits per heavy atom. The standard InChI is InChI=1S/C8H12N4O4/c1-16-6(8(14)15)4-9-7(13)5-12-3-2-10-11-12/h2-3,6H,4-5H2,1H3,(H,9,13)(H,14,15). The summed E-state index contributed by atoms with van der Waals surface area (Å²) in [6, 6.07) is 0. The summed E-state index contributed by atoms with van der Waals surface area (Å²) in [7, 11) is 1.27. The Labute approximate surface area is 91.2 Å². The Kier molecular flexibility index (Phi) is 4.40. The Bertz CT molecular complexity index is 351. The number of aromatic nitrogens is 3. The maximum atomic E-state index is 11.3. The first kappa shape index (κ1) is 12.1. The van der Waals surface area contributed by atoms with Crippen molar-refractivity contribution < 1.29 is 19.4 Å². The lowest BCUT2D eigenvalue weighted by atomic mass is 10.3. The van der Waals surface area contributed by atoms with Crippen LogP contribution in [0.2, 0.25) is 0 Å². The molecule has 0 fully saturated rings. The number of ether oxygens (including phenoxy) is 1. The highest BCUT2D eigenvalue weighted by Gasteiger charge is 2.17. The minimum atomic E-state index is -1.12. The zero-order chi connectivity index (χ0) is 12.0. The molecule has 1 atom stereocenters. The van der Waals surface area contributed by atoms with E-state index in [2.05, 4.69) is 20.4 Å². The molecule has 1 rings (SSSR count). The van der Waals surface area contributed by atoms with Gasteiger partial charge in [0.2, 0.25) is 5.91 Å². The summed E-state index contributed by atoms with van der Waals surface area (Å²) >= 11 is 0. The molecular weight excluding hydrogens is 216 g/mol. The topological polar surface area (TPSA) is 106 Å². The average Bonchev–Trinajstić information content (AvgIpc) is 2.70. The van der Waals surface area contributed by atoms with Crippen LogP contribution in [0.25, 0.3) is 0 Å². The molecule has 8 heteroatoms. The Morgan fingerprint density at radius 1 is 1.62 bits per heavy atom. The second-order valence-electron chi connectivity index (χ2n) is 2.97. The molecule has 0 aliphatic carbocycles. The Morgan fingerprint density at radius 2 is 2.38 bits per heavy atom. The molecule has 0 bridgehead atoms. The van der Waals surface area contributed by atoms with E-state index in [9.17, 15) is 9.59 Å². The summed E-state index contributed by atoms with van der Waals surface area (Å²) < 4.78 is 5.98. The number of nitrogens with one attached hydrogen (secondary N) is 1. The molecule has 0 aliphatic rings. The molecule has 0 saturated carbocycles. The predicted molar refractivity (Wildman–Crippen MR) is 51.5 cm³/mol. The van der Waals surface area contributed by atoms with E-state index in [1.54, 1.807) is 0 Å². The van der Waals surface area contributed by atoms with Crippen molar-refractivity contribution in [2.75, 3.05) is 13.7 Å². The van der Waals surface area contributed by atoms with Gasteiger partial charge in [-0.1, -0.05) is 5.21 Å². The van der Waals surface area contributed by atoms with Gasteiger partial charge in [0.15, 0.2) is 6.10 Å². The van der Waals surface area contributed by atoms with Crippen LogP contribution in [0.5, 0.6) is 0 Å². The summed E-state index contributed by atoms with van der Waals surface area (Å²) in [6.45, 7) is -0.0879. The van der Waals surface area contributed by atoms with Gasteiger partial charge in [-0.25, -0.2) is 9.48 Å². The molecule has 0 radical (unpaired) electrons. The van der Waals surface area contributed by atoms with Gasteiger partial charge < -0.3 is 15.2 Å². The molecule has 16 heavy (non-hydrogen) atoms. The van der Waals surface area contributed by atoms with Crippen molar-refractivity contribution in [1.29, 1.82) is 0 Å². The van der Waals surface area contributed by atoms with Crippen molar-refractivity contribution in [3.63, 3.8) is 0 Å². The van der Waals surface area contributed by atoms with Crippen molar-refractivity contribution in [2.24, 2.45) is 0 Å². The molecule has 2 N–H and O–H groups in total. The number of nitrogens with zero attached hydrogens (tertiary/aromatic N) is 3. The van der Waals surface area contributed by atoms with Gasteiger partial charge in [-0.05, 0) is 0 Å². The third-order valence-corrected chi connectivity index (χ3v) is 1.82. The zero-order valence-electron chi connectivity index (χ0n) is 8.66. The van der Waals surface area contributed by atoms with Crippen LogP contribution >= 0.6 is 0 Å². The fourth-order valence-electron chi connectivity index (χ4n) is 0.998. The molecule has 1 unspecified atom stereocenters. The Hall–Kier alpha value is -1.96. The van der Waals surface area contributed by atoms with Crippen molar-refractivity contribution in [2.45, 2.75) is 12.6 Å². The summed E-state index contributed by atoms with van der Waals surface area (Å²) in [5.74, 6) is -1.47. The number of aliphatic carboxylic acids is 1. The van der Waals surface area contributed by atoms with E-state index in [-0.39, 0.29) is 19.0 Å². The monoisotopic (exact) mass is 228 g/mol. The summed E-state index contributed by atoms with van der Waals surface area (Å²) in [5, 5.41) is 18.2. The van der Waals surface area contributed by atoms with Gasteiger partial charge >= 0.3 is 5.97 Å². The van der Waals surface area contributed by atoms with Gasteiger partial charge in [0, 0.05) is 13.3 Å². The average molecular weight is 228 g/mol. The number of hydrogen-bond donors (Lipinski definition) is 2. The fourth-order valence-corrected chi connectivity index (χ4v) is 0.998. The van der Waals surface area contributed by atoms with Gasteiger partial charge in [-0.2, -0.15) is 0 Å². The number of carboxylic acids is 1. The fraction of sp³-hybridized carbons (Fsp3) is 0.500. The summed E-state index contributed by atoms with van der Waals surface area (Å²) in [4.78, 5) is 21.9. The molecule has 1 heterocycles. The van der Waals surface area contributed by atoms with Crippen LogP contribution in [0, 0.1) is 0 Å². The first-order chi connectivity index (χ1) is 7.63. The third kappa shape index (κ3) is 3.65. The largest absolute Gasteiger partial charge is 0.479 e. The number of carbonyl (C=O) groups excluding carboxylic acids is 1. The van der Waals surface area contributed by atoms with Crippen LogP contribution in [-0.4, -0.2) is 51.7 Å². The number of hydrogen-bond acceptors (Lipinski definition) is 5. The smallest absolute Gasteiger partial charge is 0.334 e. The lowest BCUT2D eigenvalue weighted by Crippen LogP contribution is -2.39. The van der Waals surface area contributed by atoms with E-state index >= 15 is 0 Å². The van der Waals surface area contributed by atoms with Gasteiger partial charge in [0.1, 0.15) is 6.54 Å². The van der Waals surface area contributed by atoms with Gasteiger partial charge in [0.05, 0.1) is 12.7 Å². The highest BCUT2D eigenvalue weighted by atomic mass is 16.5. The predicted octanol–water partition coefficient (Wildman–Crippen LogP) is -1.51. The molecule has 1 amide bonds. The van der Waals surface area contributed by atoms with Crippen LogP contribution in [0.15, 0.2) is 12.4 Å². The van der Waals surface area contributed by atoms with E-state index in [1.807, 2.05) is 0 Å². The molecule has 1 aromatic heterocycles. The van der Waals surface area contributed by atoms with Crippen LogP contribution in [0.4, 0.5) is 0 Å². The van der Waals surface area contributed by atoms with Crippen molar-refractivity contribution in [3.05, 3.63) is 12.4 Å². The van der Waals surface area contributed by atoms with Gasteiger partial charge in [-0.15, -0.1) is 5.10 Å². The molecule has 88 valence electrons. The van der Waals surface area contributed by atoms with Crippen molar-refractivity contribution in [3.8, 4) is 0 Å². The van der Waals surface area contributed by atoms with Crippen LogP contribution in [-0.2, 0) is 20.9 Å². The van der Waals surface area contributed by atoms with Crippen molar-refractivity contribution >= 4 is 11.9 Å². The van der Waals surface area contributed by atoms with Crippen molar-refractivity contribution in [1.82, 2.24) is 20.3 Å². The number of amides is 1. The first-order valence-electron chi connectivity index (χ1n) is 4.50. The molecule has 8 nitrogen and oxygen atoms in total. The number of rotatable bonds is 6. The zero-order valence-corrected chi connectivity index (χ0v) is 8.66. The lowest BCUT2D eigenvalue weighted by Gasteiger charge is -2.11. The Balaban J connectivity index is 2.32. The maximum absolute atomic E-state index is 11.3. The molecule has 0 aliphatic heterocycles. The van der Waals surface area contributed by atoms with Crippen LogP contribution < -0.4 is 5.32 Å². The molecule has 1 aromatic rings. The molecule has 0 aromatic carbocycles. The summed E-state index contributed by atoms with van der Waals surface area (Å²) in [5.41, 5.74) is 0. The number of methoxy groups -OCH3 is 1. The SMILES string of the molecule is COC(CNC(=O)Cn1ccnn1)C(=O)O.